The fourth-order valence-corrected chi connectivity index (χ4v) is 8.46. The van der Waals surface area contributed by atoms with Gasteiger partial charge in [0.05, 0.1) is 12.0 Å². The lowest BCUT2D eigenvalue weighted by molar-refractivity contribution is -0.118. The molecule has 1 unspecified atom stereocenters. The van der Waals surface area contributed by atoms with Crippen molar-refractivity contribution in [1.82, 2.24) is 14.9 Å². The third-order valence-corrected chi connectivity index (χ3v) is 11.2. The number of anilines is 1. The summed E-state index contributed by atoms with van der Waals surface area (Å²) in [7, 11) is -2.64. The van der Waals surface area contributed by atoms with Gasteiger partial charge in [0.1, 0.15) is 17.6 Å². The van der Waals surface area contributed by atoms with Crippen LogP contribution < -0.4 is 20.7 Å². The van der Waals surface area contributed by atoms with Gasteiger partial charge in [-0.1, -0.05) is 60.2 Å². The highest BCUT2D eigenvalue weighted by atomic mass is 35.5. The number of methoxy groups -OCH3 is 1. The number of amides is 2. The Morgan fingerprint density at radius 3 is 2.54 bits per heavy atom. The van der Waals surface area contributed by atoms with Gasteiger partial charge in [0.25, 0.3) is 0 Å². The number of rotatable bonds is 13. The predicted molar refractivity (Wildman–Crippen MR) is 196 cm³/mol. The smallest absolute Gasteiger partial charge is 0.407 e. The molecule has 1 saturated heterocycles. The molecule has 14 heteroatoms. The molecule has 5 rings (SSSR count). The van der Waals surface area contributed by atoms with Gasteiger partial charge in [-0.3, -0.25) is 4.79 Å². The largest absolute Gasteiger partial charge is 0.459 e. The number of ether oxygens (including phenoxy) is 2. The second kappa shape index (κ2) is 17.0. The first-order valence-electron chi connectivity index (χ1n) is 17.0. The van der Waals surface area contributed by atoms with Gasteiger partial charge in [0.15, 0.2) is 0 Å². The predicted octanol–water partition coefficient (Wildman–Crippen LogP) is 6.65. The molecule has 2 aliphatic rings. The number of alkyl halides is 1. The quantitative estimate of drug-likeness (QED) is 0.178. The Morgan fingerprint density at radius 1 is 1.10 bits per heavy atom. The molecule has 2 amide bonds. The number of alkyl carbamates (subject to hydrolysis) is 1. The van der Waals surface area contributed by atoms with Crippen LogP contribution in [0.3, 0.4) is 0 Å². The maximum atomic E-state index is 15.6. The molecule has 0 radical (unpaired) electrons. The summed E-state index contributed by atoms with van der Waals surface area (Å²) >= 11 is 6.24. The van der Waals surface area contributed by atoms with E-state index in [9.17, 15) is 22.4 Å². The lowest BCUT2D eigenvalue weighted by Gasteiger charge is -2.35. The molecule has 0 saturated carbocycles. The molecule has 0 aromatic heterocycles. The highest BCUT2D eigenvalue weighted by Crippen LogP contribution is 2.38. The van der Waals surface area contributed by atoms with E-state index in [2.05, 4.69) is 16.0 Å². The van der Waals surface area contributed by atoms with Crippen molar-refractivity contribution in [2.75, 3.05) is 32.1 Å². The second-order valence-electron chi connectivity index (χ2n) is 13.1. The van der Waals surface area contributed by atoms with Gasteiger partial charge in [0, 0.05) is 61.7 Å². The number of allylic oxidation sites excluding steroid dienone is 4. The van der Waals surface area contributed by atoms with Gasteiger partial charge in [-0.25, -0.2) is 17.6 Å². The average molecular weight is 757 g/mol. The molecule has 1 aliphatic carbocycles. The van der Waals surface area contributed by atoms with Crippen LogP contribution in [0.2, 0.25) is 0 Å². The summed E-state index contributed by atoms with van der Waals surface area (Å²) in [5.74, 6) is -4.13. The molecule has 0 spiro atoms. The van der Waals surface area contributed by atoms with Crippen molar-refractivity contribution in [2.45, 2.75) is 61.9 Å². The highest BCUT2D eigenvalue weighted by Gasteiger charge is 2.38. The third kappa shape index (κ3) is 9.77. The molecule has 3 aromatic carbocycles. The number of sulfonamides is 1. The van der Waals surface area contributed by atoms with E-state index in [-0.39, 0.29) is 47.2 Å². The van der Waals surface area contributed by atoms with Crippen LogP contribution >= 0.6 is 11.6 Å². The monoisotopic (exact) mass is 756 g/mol. The molecule has 4 atom stereocenters. The van der Waals surface area contributed by atoms with Crippen LogP contribution in [0.15, 0.2) is 101 Å². The van der Waals surface area contributed by atoms with Crippen molar-refractivity contribution in [3.8, 4) is 5.75 Å². The fourth-order valence-electron chi connectivity index (χ4n) is 6.62. The highest BCUT2D eigenvalue weighted by molar-refractivity contribution is 7.89. The zero-order valence-corrected chi connectivity index (χ0v) is 30.7. The third-order valence-electron chi connectivity index (χ3n) is 9.00. The summed E-state index contributed by atoms with van der Waals surface area (Å²) in [6, 6.07) is 17.3. The number of piperazine rings is 1. The molecular formula is C38H43ClF2N4O6S. The van der Waals surface area contributed by atoms with E-state index in [0.29, 0.717) is 30.1 Å². The Labute approximate surface area is 308 Å². The molecule has 10 nitrogen and oxygen atoms in total. The van der Waals surface area contributed by atoms with E-state index in [1.165, 1.54) is 37.4 Å². The molecule has 0 bridgehead atoms. The first-order valence-corrected chi connectivity index (χ1v) is 18.8. The number of halogens is 3. The first-order chi connectivity index (χ1) is 24.8. The zero-order chi connectivity index (χ0) is 37.5. The van der Waals surface area contributed by atoms with E-state index in [1.807, 2.05) is 6.08 Å². The Bertz CT molecular complexity index is 1900. The number of carbonyl (C=O) groups is 2. The molecule has 278 valence electrons. The molecular weight excluding hydrogens is 714 g/mol. The van der Waals surface area contributed by atoms with Crippen molar-refractivity contribution in [2.24, 2.45) is 5.92 Å². The summed E-state index contributed by atoms with van der Waals surface area (Å²) in [6.07, 6.45) is 5.22. The van der Waals surface area contributed by atoms with E-state index in [0.717, 1.165) is 0 Å². The van der Waals surface area contributed by atoms with Gasteiger partial charge >= 0.3 is 6.09 Å². The Balaban J connectivity index is 1.45. The molecule has 3 aromatic rings. The average Bonchev–Trinajstić information content (AvgIpc) is 3.11. The van der Waals surface area contributed by atoms with Crippen LogP contribution in [0.4, 0.5) is 19.3 Å². The maximum absolute atomic E-state index is 15.6. The summed E-state index contributed by atoms with van der Waals surface area (Å²) in [4.78, 5) is 27.3. The molecule has 1 fully saturated rings. The van der Waals surface area contributed by atoms with Crippen molar-refractivity contribution < 1.29 is 36.3 Å². The summed E-state index contributed by atoms with van der Waals surface area (Å²) in [5, 5.41) is 9.25. The summed E-state index contributed by atoms with van der Waals surface area (Å²) < 4.78 is 69.1. The minimum Gasteiger partial charge on any atom is -0.459 e. The van der Waals surface area contributed by atoms with Gasteiger partial charge in [-0.2, -0.15) is 8.70 Å². The van der Waals surface area contributed by atoms with E-state index < -0.39 is 51.7 Å². The SMILES string of the molecule is COC(=O)N[C@H](C(=O)Nc1cccc(F)c1CC[C@H]1CNCCN1S(=O)(=O)c1ccccc1)[C@H](c1cccc(OC(C)(C)F)c1)C1C=CC(Cl)=CC1. The Kier molecular flexibility index (Phi) is 12.7. The van der Waals surface area contributed by atoms with Crippen LogP contribution in [0.25, 0.3) is 0 Å². The number of nitrogens with zero attached hydrogens (tertiary/aromatic N) is 1. The minimum atomic E-state index is -3.81. The number of benzene rings is 3. The number of hydrogen-bond donors (Lipinski definition) is 3. The van der Waals surface area contributed by atoms with Crippen molar-refractivity contribution >= 4 is 39.3 Å². The summed E-state index contributed by atoms with van der Waals surface area (Å²) in [6.45, 7) is 3.62. The number of carbonyl (C=O) groups excluding carboxylic acids is 2. The van der Waals surface area contributed by atoms with Gasteiger partial charge in [0.2, 0.25) is 21.8 Å². The number of nitrogens with one attached hydrogen (secondary N) is 3. The van der Waals surface area contributed by atoms with Gasteiger partial charge in [-0.15, -0.1) is 0 Å². The lowest BCUT2D eigenvalue weighted by Crippen LogP contribution is -2.53. The van der Waals surface area contributed by atoms with Crippen LogP contribution in [0, 0.1) is 11.7 Å². The van der Waals surface area contributed by atoms with Gasteiger partial charge in [-0.05, 0) is 73.2 Å². The Morgan fingerprint density at radius 2 is 1.85 bits per heavy atom. The Hall–Kier alpha value is -4.30. The van der Waals surface area contributed by atoms with Crippen LogP contribution in [0.1, 0.15) is 43.7 Å². The zero-order valence-electron chi connectivity index (χ0n) is 29.2. The van der Waals surface area contributed by atoms with E-state index in [1.54, 1.807) is 72.8 Å². The van der Waals surface area contributed by atoms with E-state index in [4.69, 9.17) is 21.1 Å². The molecule has 52 heavy (non-hydrogen) atoms. The van der Waals surface area contributed by atoms with Crippen molar-refractivity contribution in [3.63, 3.8) is 0 Å². The normalized spacial score (nSPS) is 19.2. The topological polar surface area (TPSA) is 126 Å². The van der Waals surface area contributed by atoms with Crippen molar-refractivity contribution in [1.29, 1.82) is 0 Å². The standard InChI is InChI=1S/C38H43ClF2N4O6S/c1-38(2,41)51-29-10-7-9-26(23-29)34(25-15-17-27(39)18-16-25)35(44-37(47)50-3)36(46)43-33-14-8-13-32(40)31(33)20-19-28-24-42-21-22-45(28)52(48,49)30-11-5-4-6-12-30/h4-15,17-18,23,25,28,34-35,42H,16,19-22,24H2,1-3H3,(H,43,46)(H,44,47)/t25?,28-,34-,35-/m0/s1. The van der Waals surface area contributed by atoms with Crippen LogP contribution in [0.5, 0.6) is 5.75 Å². The van der Waals surface area contributed by atoms with Crippen molar-refractivity contribution in [3.05, 3.63) is 113 Å². The second-order valence-corrected chi connectivity index (χ2v) is 15.4. The minimum absolute atomic E-state index is 0.0982. The number of hydrogen-bond acceptors (Lipinski definition) is 7. The van der Waals surface area contributed by atoms with E-state index >= 15 is 4.39 Å². The lowest BCUT2D eigenvalue weighted by atomic mass is 9.77. The van der Waals surface area contributed by atoms with Crippen LogP contribution in [-0.2, 0) is 26.0 Å². The molecule has 1 heterocycles. The molecule has 1 aliphatic heterocycles. The fraction of sp³-hybridized carbons (Fsp3) is 0.368. The van der Waals surface area contributed by atoms with Gasteiger partial charge < -0.3 is 25.4 Å². The molecule has 3 N–H and O–H groups in total. The summed E-state index contributed by atoms with van der Waals surface area (Å²) in [5.41, 5.74) is 0.906. The first kappa shape index (κ1) is 38.9. The maximum Gasteiger partial charge on any atom is 0.407 e. The van der Waals surface area contributed by atoms with Crippen LogP contribution in [-0.4, -0.2) is 69.4 Å².